The Labute approximate surface area is 117 Å². The zero-order chi connectivity index (χ0) is 14.1. The van der Waals surface area contributed by atoms with Crippen LogP contribution < -0.4 is 0 Å². The second-order valence-corrected chi connectivity index (χ2v) is 8.69. The van der Waals surface area contributed by atoms with Crippen LogP contribution in [0.1, 0.15) is 26.7 Å². The van der Waals surface area contributed by atoms with Gasteiger partial charge in [-0.2, -0.15) is 0 Å². The molecule has 0 aliphatic carbocycles. The van der Waals surface area contributed by atoms with E-state index in [9.17, 15) is 13.0 Å². The van der Waals surface area contributed by atoms with Crippen molar-refractivity contribution >= 4 is 21.3 Å². The van der Waals surface area contributed by atoms with Gasteiger partial charge in [0.15, 0.2) is 5.79 Å². The first kappa shape index (κ1) is 15.5. The molecular weight excluding hydrogens is 292 g/mol. The maximum atomic E-state index is 10.8. The Hall–Kier alpha value is 0.140. The molecule has 2 aliphatic rings. The summed E-state index contributed by atoms with van der Waals surface area (Å²) in [5.74, 6) is 2.28. The minimum atomic E-state index is -4.73. The molecule has 2 aliphatic heterocycles. The Morgan fingerprint density at radius 3 is 2.58 bits per heavy atom. The van der Waals surface area contributed by atoms with E-state index in [2.05, 4.69) is 4.18 Å². The van der Waals surface area contributed by atoms with Crippen LogP contribution in [0.25, 0.3) is 0 Å². The number of hydrogen-bond donors (Lipinski definition) is 0. The molecule has 0 aromatic carbocycles. The van der Waals surface area contributed by atoms with Crippen molar-refractivity contribution in [3.8, 4) is 0 Å². The van der Waals surface area contributed by atoms with E-state index in [-0.39, 0.29) is 17.5 Å². The predicted molar refractivity (Wildman–Crippen MR) is 70.7 cm³/mol. The maximum absolute atomic E-state index is 10.8. The van der Waals surface area contributed by atoms with Gasteiger partial charge in [0.25, 0.3) is 0 Å². The normalized spacial score (nSPS) is 32.6. The van der Waals surface area contributed by atoms with Gasteiger partial charge in [0, 0.05) is 0 Å². The Morgan fingerprint density at radius 1 is 1.37 bits per heavy atom. The summed E-state index contributed by atoms with van der Waals surface area (Å²) in [6.07, 6.45) is 1.19. The Kier molecular flexibility index (Phi) is 4.79. The van der Waals surface area contributed by atoms with Crippen molar-refractivity contribution in [1.29, 1.82) is 0 Å². The average Bonchev–Trinajstić information content (AvgIpc) is 2.73. The van der Waals surface area contributed by atoms with E-state index in [0.29, 0.717) is 0 Å². The van der Waals surface area contributed by atoms with E-state index in [4.69, 9.17) is 9.47 Å². The van der Waals surface area contributed by atoms with Gasteiger partial charge in [-0.05, 0) is 37.6 Å². The number of rotatable bonds is 4. The molecule has 6 nitrogen and oxygen atoms in total. The monoisotopic (exact) mass is 312 g/mol. The standard InChI is InChI=1S/C11H20O6S2/c1-11(2)15-7-9(17-19(12,13)14)10(16-11)8-18-5-3-4-6-18/h9-10H,3-8H2,1-2H3/t9-,10+/m1/s1. The highest BCUT2D eigenvalue weighted by Crippen LogP contribution is 2.27. The largest absolute Gasteiger partial charge is 0.726 e. The van der Waals surface area contributed by atoms with Gasteiger partial charge < -0.3 is 14.0 Å². The molecule has 2 atom stereocenters. The summed E-state index contributed by atoms with van der Waals surface area (Å²) in [4.78, 5) is 0. The van der Waals surface area contributed by atoms with Crippen molar-refractivity contribution in [3.63, 3.8) is 0 Å². The summed E-state index contributed by atoms with van der Waals surface area (Å²) in [5, 5.41) is 0. The quantitative estimate of drug-likeness (QED) is 0.424. The van der Waals surface area contributed by atoms with E-state index in [1.807, 2.05) is 0 Å². The highest BCUT2D eigenvalue weighted by molar-refractivity contribution is 7.97. The van der Waals surface area contributed by atoms with Gasteiger partial charge in [-0.3, -0.25) is 4.18 Å². The fraction of sp³-hybridized carbons (Fsp3) is 1.00. The van der Waals surface area contributed by atoms with Gasteiger partial charge >= 0.3 is 0 Å². The van der Waals surface area contributed by atoms with Gasteiger partial charge in [-0.15, -0.1) is 0 Å². The topological polar surface area (TPSA) is 84.9 Å². The first-order chi connectivity index (χ1) is 8.75. The van der Waals surface area contributed by atoms with Crippen LogP contribution in [-0.2, 0) is 35.0 Å². The minimum Gasteiger partial charge on any atom is -0.726 e. The molecule has 2 heterocycles. The van der Waals surface area contributed by atoms with Gasteiger partial charge in [-0.1, -0.05) is 0 Å². The van der Waals surface area contributed by atoms with Crippen LogP contribution in [0.2, 0.25) is 0 Å². The zero-order valence-corrected chi connectivity index (χ0v) is 12.8. The zero-order valence-electron chi connectivity index (χ0n) is 11.2. The van der Waals surface area contributed by atoms with E-state index in [0.717, 1.165) is 17.3 Å². The Balaban J connectivity index is 2.02. The van der Waals surface area contributed by atoms with Crippen molar-refractivity contribution in [3.05, 3.63) is 0 Å². The maximum Gasteiger partial charge on any atom is 0.218 e. The summed E-state index contributed by atoms with van der Waals surface area (Å²) in [6.45, 7) is 3.62. The molecule has 0 bridgehead atoms. The number of ether oxygens (including phenoxy) is 2. The molecule has 19 heavy (non-hydrogen) atoms. The SMILES string of the molecule is CC1(C)OC[C@@H](OS(=O)(=O)[O-])[C@H](C[S+]2CCCC2)O1. The molecule has 0 unspecified atom stereocenters. The highest BCUT2D eigenvalue weighted by Gasteiger charge is 2.42. The highest BCUT2D eigenvalue weighted by atomic mass is 32.3. The average molecular weight is 312 g/mol. The molecule has 2 fully saturated rings. The number of hydrogen-bond acceptors (Lipinski definition) is 6. The molecule has 0 saturated carbocycles. The molecule has 0 amide bonds. The van der Waals surface area contributed by atoms with Crippen LogP contribution in [0.15, 0.2) is 0 Å². The van der Waals surface area contributed by atoms with E-state index < -0.39 is 28.4 Å². The second kappa shape index (κ2) is 5.87. The smallest absolute Gasteiger partial charge is 0.218 e. The summed E-state index contributed by atoms with van der Waals surface area (Å²) in [6, 6.07) is 0. The van der Waals surface area contributed by atoms with Gasteiger partial charge in [0.1, 0.15) is 29.5 Å². The molecule has 0 aromatic rings. The first-order valence-corrected chi connectivity index (χ1v) is 9.42. The van der Waals surface area contributed by atoms with Gasteiger partial charge in [0.2, 0.25) is 10.4 Å². The third kappa shape index (κ3) is 4.87. The van der Waals surface area contributed by atoms with Crippen LogP contribution in [0.3, 0.4) is 0 Å². The third-order valence-corrected chi connectivity index (χ3v) is 6.22. The molecule has 0 spiro atoms. The summed E-state index contributed by atoms with van der Waals surface area (Å²) >= 11 is 0. The molecule has 112 valence electrons. The van der Waals surface area contributed by atoms with Crippen molar-refractivity contribution in [2.75, 3.05) is 23.9 Å². The summed E-state index contributed by atoms with van der Waals surface area (Å²) in [5.41, 5.74) is 0. The van der Waals surface area contributed by atoms with Crippen molar-refractivity contribution < 1.29 is 26.6 Å². The first-order valence-electron chi connectivity index (χ1n) is 6.35. The minimum absolute atomic E-state index is 0.0658. The van der Waals surface area contributed by atoms with Crippen LogP contribution in [-0.4, -0.2) is 54.8 Å². The second-order valence-electron chi connectivity index (χ2n) is 5.30. The summed E-state index contributed by atoms with van der Waals surface area (Å²) < 4.78 is 48.0. The van der Waals surface area contributed by atoms with Crippen molar-refractivity contribution in [2.45, 2.75) is 44.7 Å². The molecule has 0 N–H and O–H groups in total. The lowest BCUT2D eigenvalue weighted by Gasteiger charge is -2.39. The molecule has 2 rings (SSSR count). The van der Waals surface area contributed by atoms with E-state index >= 15 is 0 Å². The van der Waals surface area contributed by atoms with Crippen LogP contribution in [0.5, 0.6) is 0 Å². The van der Waals surface area contributed by atoms with E-state index in [1.54, 1.807) is 13.8 Å². The fourth-order valence-electron chi connectivity index (χ4n) is 2.36. The Morgan fingerprint density at radius 2 is 2.00 bits per heavy atom. The third-order valence-electron chi connectivity index (χ3n) is 3.20. The Bertz CT molecular complexity index is 401. The summed E-state index contributed by atoms with van der Waals surface area (Å²) in [7, 11) is -4.50. The lowest BCUT2D eigenvalue weighted by molar-refractivity contribution is -0.294. The predicted octanol–water partition coefficient (Wildman–Crippen LogP) is 0.395. The van der Waals surface area contributed by atoms with Crippen LogP contribution in [0.4, 0.5) is 0 Å². The lowest BCUT2D eigenvalue weighted by atomic mass is 10.2. The van der Waals surface area contributed by atoms with Gasteiger partial charge in [-0.25, -0.2) is 8.42 Å². The molecular formula is C11H20O6S2. The molecule has 0 aromatic heterocycles. The molecule has 2 saturated heterocycles. The lowest BCUT2D eigenvalue weighted by Crippen LogP contribution is -2.52. The van der Waals surface area contributed by atoms with E-state index in [1.165, 1.54) is 12.8 Å². The van der Waals surface area contributed by atoms with Crippen LogP contribution in [0, 0.1) is 0 Å². The fourth-order valence-corrected chi connectivity index (χ4v) is 5.35. The van der Waals surface area contributed by atoms with Crippen LogP contribution >= 0.6 is 0 Å². The molecule has 8 heteroatoms. The molecule has 0 radical (unpaired) electrons. The van der Waals surface area contributed by atoms with Crippen molar-refractivity contribution in [2.24, 2.45) is 0 Å². The van der Waals surface area contributed by atoms with Crippen molar-refractivity contribution in [1.82, 2.24) is 0 Å². The van der Waals surface area contributed by atoms with Gasteiger partial charge in [0.05, 0.1) is 6.61 Å².